The van der Waals surface area contributed by atoms with E-state index in [-0.39, 0.29) is 5.76 Å². The number of hydrogen-bond donors (Lipinski definition) is 3. The van der Waals surface area contributed by atoms with E-state index < -0.39 is 30.2 Å². The number of rotatable bonds is 4. The first-order valence-corrected chi connectivity index (χ1v) is 8.87. The van der Waals surface area contributed by atoms with Gasteiger partial charge in [0.1, 0.15) is 18.5 Å². The molecular weight excluding hydrogens is 366 g/mol. The first kappa shape index (κ1) is 18.3. The molecule has 1 amide bonds. The second kappa shape index (κ2) is 7.17. The predicted molar refractivity (Wildman–Crippen MR) is 97.7 cm³/mol. The van der Waals surface area contributed by atoms with Crippen LogP contribution in [0.4, 0.5) is 5.82 Å². The Balaban J connectivity index is 1.55. The molecule has 28 heavy (non-hydrogen) atoms. The molecule has 1 aliphatic carbocycles. The molecule has 0 bridgehead atoms. The lowest BCUT2D eigenvalue weighted by Gasteiger charge is -2.38. The van der Waals surface area contributed by atoms with Gasteiger partial charge >= 0.3 is 0 Å². The van der Waals surface area contributed by atoms with Crippen molar-refractivity contribution in [3.8, 4) is 0 Å². The smallest absolute Gasteiger partial charge is 0.289 e. The Morgan fingerprint density at radius 3 is 2.79 bits per heavy atom. The highest BCUT2D eigenvalue weighted by molar-refractivity contribution is 5.91. The average Bonchev–Trinajstić information content (AvgIpc) is 3.35. The van der Waals surface area contributed by atoms with Crippen LogP contribution >= 0.6 is 0 Å². The third-order valence-corrected chi connectivity index (χ3v) is 5.02. The van der Waals surface area contributed by atoms with Crippen LogP contribution in [0.3, 0.4) is 0 Å². The third-order valence-electron chi connectivity index (χ3n) is 5.02. The van der Waals surface area contributed by atoms with Crippen molar-refractivity contribution in [1.82, 2.24) is 29.8 Å². The van der Waals surface area contributed by atoms with Crippen molar-refractivity contribution in [2.45, 2.75) is 37.1 Å². The van der Waals surface area contributed by atoms with Gasteiger partial charge < -0.3 is 29.4 Å². The summed E-state index contributed by atoms with van der Waals surface area (Å²) < 4.78 is 6.72. The maximum atomic E-state index is 12.1. The van der Waals surface area contributed by atoms with E-state index in [1.807, 2.05) is 19.0 Å². The number of hydrogen-bond acceptors (Lipinski definition) is 9. The molecule has 11 nitrogen and oxygen atoms in total. The van der Waals surface area contributed by atoms with Crippen molar-refractivity contribution in [3.05, 3.63) is 31.0 Å². The number of nitrogens with zero attached hydrogens (tertiary/aromatic N) is 6. The molecule has 0 aromatic carbocycles. The van der Waals surface area contributed by atoms with Crippen LogP contribution in [0.25, 0.3) is 11.2 Å². The normalized spacial score (nSPS) is 25.0. The molecule has 1 aliphatic rings. The molecule has 1 saturated carbocycles. The van der Waals surface area contributed by atoms with Crippen LogP contribution < -0.4 is 10.2 Å². The van der Waals surface area contributed by atoms with E-state index >= 15 is 0 Å². The molecule has 0 saturated heterocycles. The van der Waals surface area contributed by atoms with Gasteiger partial charge in [0.25, 0.3) is 5.91 Å². The van der Waals surface area contributed by atoms with E-state index in [0.29, 0.717) is 29.8 Å². The first-order valence-electron chi connectivity index (χ1n) is 8.87. The minimum atomic E-state index is -1.15. The number of aliphatic hydroxyl groups excluding tert-OH is 2. The molecular formula is C17H21N7O4. The van der Waals surface area contributed by atoms with Crippen LogP contribution in [0.1, 0.15) is 29.4 Å². The highest BCUT2D eigenvalue weighted by atomic mass is 16.4. The molecule has 3 N–H and O–H groups in total. The predicted octanol–water partition coefficient (Wildman–Crippen LogP) is -0.264. The van der Waals surface area contributed by atoms with E-state index in [4.69, 9.17) is 4.42 Å². The zero-order chi connectivity index (χ0) is 19.8. The molecule has 0 spiro atoms. The third kappa shape index (κ3) is 3.08. The number of fused-ring (bicyclic) bond motifs is 1. The summed E-state index contributed by atoms with van der Waals surface area (Å²) in [6, 6.07) is -1.03. The molecule has 0 aliphatic heterocycles. The number of aliphatic hydroxyl groups is 2. The topological polar surface area (TPSA) is 142 Å². The second-order valence-corrected chi connectivity index (χ2v) is 6.99. The highest BCUT2D eigenvalue weighted by Gasteiger charge is 2.40. The van der Waals surface area contributed by atoms with Gasteiger partial charge in [0, 0.05) is 14.1 Å². The molecule has 3 aromatic heterocycles. The summed E-state index contributed by atoms with van der Waals surface area (Å²) in [6.07, 6.45) is 4.22. The largest absolute Gasteiger partial charge is 0.438 e. The van der Waals surface area contributed by atoms with Crippen molar-refractivity contribution < 1.29 is 19.4 Å². The number of carbonyl (C=O) groups is 1. The van der Waals surface area contributed by atoms with Crippen molar-refractivity contribution in [2.24, 2.45) is 0 Å². The number of anilines is 1. The van der Waals surface area contributed by atoms with Crippen molar-refractivity contribution in [3.63, 3.8) is 0 Å². The Hall–Kier alpha value is -3.05. The van der Waals surface area contributed by atoms with Gasteiger partial charge in [-0.25, -0.2) is 19.9 Å². The zero-order valence-corrected chi connectivity index (χ0v) is 15.4. The fraction of sp³-hybridized carbons (Fsp3) is 0.471. The molecule has 0 unspecified atom stereocenters. The fourth-order valence-electron chi connectivity index (χ4n) is 3.60. The Morgan fingerprint density at radius 1 is 1.25 bits per heavy atom. The van der Waals surface area contributed by atoms with Crippen LogP contribution in [0.2, 0.25) is 0 Å². The number of carbonyl (C=O) groups excluding carboxylic acids is 1. The first-order chi connectivity index (χ1) is 13.5. The van der Waals surface area contributed by atoms with Gasteiger partial charge in [-0.2, -0.15) is 0 Å². The molecule has 1 fully saturated rings. The summed E-state index contributed by atoms with van der Waals surface area (Å²) in [5, 5.41) is 24.0. The van der Waals surface area contributed by atoms with Crippen LogP contribution in [-0.4, -0.2) is 73.0 Å². The monoisotopic (exact) mass is 387 g/mol. The van der Waals surface area contributed by atoms with Crippen LogP contribution in [0.15, 0.2) is 29.7 Å². The lowest BCUT2D eigenvalue weighted by Crippen LogP contribution is -2.54. The van der Waals surface area contributed by atoms with Crippen LogP contribution in [0.5, 0.6) is 0 Å². The number of aromatic nitrogens is 5. The SMILES string of the molecule is CN(C)c1ncnc2c1ncn2[C@@H]1CC[C@@H](NC(=O)c2cnco2)[C@H](O)[C@H]1O. The lowest BCUT2D eigenvalue weighted by molar-refractivity contribution is -0.0554. The highest BCUT2D eigenvalue weighted by Crippen LogP contribution is 2.32. The summed E-state index contributed by atoms with van der Waals surface area (Å²) in [6.45, 7) is 0. The van der Waals surface area contributed by atoms with Gasteiger partial charge in [0.15, 0.2) is 23.4 Å². The lowest BCUT2D eigenvalue weighted by atomic mass is 9.85. The van der Waals surface area contributed by atoms with Gasteiger partial charge in [0.2, 0.25) is 5.76 Å². The Morgan fingerprint density at radius 2 is 2.07 bits per heavy atom. The summed E-state index contributed by atoms with van der Waals surface area (Å²) >= 11 is 0. The van der Waals surface area contributed by atoms with Crippen LogP contribution in [-0.2, 0) is 0 Å². The second-order valence-electron chi connectivity index (χ2n) is 6.99. The summed E-state index contributed by atoms with van der Waals surface area (Å²) in [5.74, 6) is 0.243. The standard InChI is InChI=1S/C17H21N7O4/c1-23(2)15-12-16(20-6-19-15)24(7-21-12)10-4-3-9(13(25)14(10)26)22-17(27)11-5-18-8-28-11/h5-10,13-14,25-26H,3-4H2,1-2H3,(H,22,27)/t9-,10-,13+,14+/m1/s1. The fourth-order valence-corrected chi connectivity index (χ4v) is 3.60. The number of nitrogens with one attached hydrogen (secondary N) is 1. The van der Waals surface area contributed by atoms with E-state index in [1.165, 1.54) is 12.5 Å². The van der Waals surface area contributed by atoms with Gasteiger partial charge in [0.05, 0.1) is 24.6 Å². The Kier molecular flexibility index (Phi) is 4.69. The Labute approximate surface area is 160 Å². The van der Waals surface area contributed by atoms with Crippen molar-refractivity contribution in [2.75, 3.05) is 19.0 Å². The molecule has 3 aromatic rings. The van der Waals surface area contributed by atoms with Crippen molar-refractivity contribution >= 4 is 22.9 Å². The minimum Gasteiger partial charge on any atom is -0.438 e. The summed E-state index contributed by atoms with van der Waals surface area (Å²) in [5.41, 5.74) is 1.20. The van der Waals surface area contributed by atoms with E-state index in [1.54, 1.807) is 10.9 Å². The van der Waals surface area contributed by atoms with Crippen molar-refractivity contribution in [1.29, 1.82) is 0 Å². The van der Waals surface area contributed by atoms with Gasteiger partial charge in [-0.15, -0.1) is 0 Å². The van der Waals surface area contributed by atoms with E-state index in [2.05, 4.69) is 25.3 Å². The number of imidazole rings is 1. The van der Waals surface area contributed by atoms with Crippen LogP contribution in [0, 0.1) is 0 Å². The van der Waals surface area contributed by atoms with Gasteiger partial charge in [-0.3, -0.25) is 4.79 Å². The van der Waals surface area contributed by atoms with Gasteiger partial charge in [-0.1, -0.05) is 0 Å². The number of oxazole rings is 1. The average molecular weight is 387 g/mol. The molecule has 0 radical (unpaired) electrons. The number of amides is 1. The molecule has 4 atom stereocenters. The van der Waals surface area contributed by atoms with E-state index in [9.17, 15) is 15.0 Å². The van der Waals surface area contributed by atoms with Gasteiger partial charge in [-0.05, 0) is 12.8 Å². The quantitative estimate of drug-likeness (QED) is 0.551. The zero-order valence-electron chi connectivity index (χ0n) is 15.4. The summed E-state index contributed by atoms with van der Waals surface area (Å²) in [4.78, 5) is 30.6. The minimum absolute atomic E-state index is 0.0531. The molecule has 3 heterocycles. The molecule has 11 heteroatoms. The maximum absolute atomic E-state index is 12.1. The van der Waals surface area contributed by atoms with E-state index in [0.717, 1.165) is 6.39 Å². The maximum Gasteiger partial charge on any atom is 0.289 e. The Bertz CT molecular complexity index is 971. The summed E-state index contributed by atoms with van der Waals surface area (Å²) in [7, 11) is 3.73. The molecule has 148 valence electrons. The molecule has 4 rings (SSSR count).